The van der Waals surface area contributed by atoms with E-state index >= 15 is 0 Å². The van der Waals surface area contributed by atoms with Crippen molar-refractivity contribution in [3.63, 3.8) is 0 Å². The third kappa shape index (κ3) is 1.48. The van der Waals surface area contributed by atoms with Crippen molar-refractivity contribution in [2.75, 3.05) is 6.54 Å². The maximum absolute atomic E-state index is 12.8. The van der Waals surface area contributed by atoms with Crippen molar-refractivity contribution in [2.45, 2.75) is 13.0 Å². The molecule has 0 radical (unpaired) electrons. The topological polar surface area (TPSA) is 27.0 Å². The molecule has 0 aromatic heterocycles. The number of halogens is 1. The Morgan fingerprint density at radius 2 is 2.23 bits per heavy atom. The van der Waals surface area contributed by atoms with Crippen LogP contribution in [0.3, 0.4) is 0 Å². The van der Waals surface area contributed by atoms with Gasteiger partial charge >= 0.3 is 0 Å². The molecule has 1 heterocycles. The zero-order valence-electron chi connectivity index (χ0n) is 7.13. The van der Waals surface area contributed by atoms with E-state index in [1.165, 1.54) is 6.07 Å². The molecule has 0 unspecified atom stereocenters. The Bertz CT molecular complexity index is 368. The van der Waals surface area contributed by atoms with E-state index in [0.717, 1.165) is 17.5 Å². The average molecular weight is 176 g/mol. The van der Waals surface area contributed by atoms with Gasteiger partial charge in [0.05, 0.1) is 6.54 Å². The van der Waals surface area contributed by atoms with Gasteiger partial charge in [-0.3, -0.25) is 0 Å². The highest BCUT2D eigenvalue weighted by Gasteiger charge is 2.14. The van der Waals surface area contributed by atoms with Crippen LogP contribution in [0.5, 0.6) is 0 Å². The second-order valence-electron chi connectivity index (χ2n) is 3.18. The van der Waals surface area contributed by atoms with E-state index in [2.05, 4.69) is 6.19 Å². The van der Waals surface area contributed by atoms with Gasteiger partial charge in [-0.1, -0.05) is 6.07 Å². The monoisotopic (exact) mass is 176 g/mol. The SMILES string of the molecule is N#CN1CCc2cc(F)ccc2C1. The summed E-state index contributed by atoms with van der Waals surface area (Å²) in [7, 11) is 0. The van der Waals surface area contributed by atoms with Crippen LogP contribution in [0.15, 0.2) is 18.2 Å². The largest absolute Gasteiger partial charge is 0.306 e. The molecule has 0 aliphatic carbocycles. The molecule has 66 valence electrons. The van der Waals surface area contributed by atoms with Crippen molar-refractivity contribution >= 4 is 0 Å². The van der Waals surface area contributed by atoms with Gasteiger partial charge in [0, 0.05) is 6.54 Å². The molecular formula is C10H9FN2. The van der Waals surface area contributed by atoms with Crippen molar-refractivity contribution in [1.29, 1.82) is 5.26 Å². The summed E-state index contributed by atoms with van der Waals surface area (Å²) in [6.45, 7) is 1.32. The van der Waals surface area contributed by atoms with E-state index in [-0.39, 0.29) is 5.82 Å². The van der Waals surface area contributed by atoms with Gasteiger partial charge in [0.1, 0.15) is 5.82 Å². The summed E-state index contributed by atoms with van der Waals surface area (Å²) >= 11 is 0. The van der Waals surface area contributed by atoms with Crippen LogP contribution in [0.25, 0.3) is 0 Å². The van der Waals surface area contributed by atoms with Crippen LogP contribution >= 0.6 is 0 Å². The molecule has 0 spiro atoms. The lowest BCUT2D eigenvalue weighted by atomic mass is 10.0. The number of hydrogen-bond acceptors (Lipinski definition) is 2. The molecule has 0 N–H and O–H groups in total. The zero-order chi connectivity index (χ0) is 9.26. The first-order valence-electron chi connectivity index (χ1n) is 4.21. The van der Waals surface area contributed by atoms with Gasteiger partial charge in [0.15, 0.2) is 6.19 Å². The fourth-order valence-corrected chi connectivity index (χ4v) is 1.61. The standard InChI is InChI=1S/C10H9FN2/c11-10-2-1-9-6-13(7-12)4-3-8(9)5-10/h1-2,5H,3-4,6H2. The summed E-state index contributed by atoms with van der Waals surface area (Å²) in [6, 6.07) is 4.76. The number of nitrogens with zero attached hydrogens (tertiary/aromatic N) is 2. The van der Waals surface area contributed by atoms with E-state index in [9.17, 15) is 4.39 Å². The Morgan fingerprint density at radius 1 is 1.38 bits per heavy atom. The molecule has 3 heteroatoms. The molecule has 0 amide bonds. The predicted molar refractivity (Wildman–Crippen MR) is 46.1 cm³/mol. The van der Waals surface area contributed by atoms with Crippen LogP contribution in [0.1, 0.15) is 11.1 Å². The summed E-state index contributed by atoms with van der Waals surface area (Å²) in [5.74, 6) is -0.191. The van der Waals surface area contributed by atoms with Crippen molar-refractivity contribution < 1.29 is 4.39 Å². The van der Waals surface area contributed by atoms with Crippen molar-refractivity contribution in [1.82, 2.24) is 4.90 Å². The second kappa shape index (κ2) is 3.06. The molecule has 0 bridgehead atoms. The number of hydrogen-bond donors (Lipinski definition) is 0. The van der Waals surface area contributed by atoms with E-state index in [4.69, 9.17) is 5.26 Å². The lowest BCUT2D eigenvalue weighted by Crippen LogP contribution is -2.26. The minimum atomic E-state index is -0.191. The van der Waals surface area contributed by atoms with Crippen molar-refractivity contribution in [3.05, 3.63) is 35.1 Å². The quantitative estimate of drug-likeness (QED) is 0.562. The van der Waals surface area contributed by atoms with Crippen LogP contribution in [-0.4, -0.2) is 11.4 Å². The maximum Gasteiger partial charge on any atom is 0.179 e. The molecular weight excluding hydrogens is 167 g/mol. The highest BCUT2D eigenvalue weighted by atomic mass is 19.1. The van der Waals surface area contributed by atoms with E-state index < -0.39 is 0 Å². The molecule has 2 nitrogen and oxygen atoms in total. The molecule has 1 aromatic rings. The van der Waals surface area contributed by atoms with Crippen LogP contribution in [0.2, 0.25) is 0 Å². The van der Waals surface area contributed by atoms with Gasteiger partial charge in [-0.15, -0.1) is 0 Å². The van der Waals surface area contributed by atoms with Crippen LogP contribution in [0, 0.1) is 17.3 Å². The van der Waals surface area contributed by atoms with Crippen molar-refractivity contribution in [2.24, 2.45) is 0 Å². The van der Waals surface area contributed by atoms with Gasteiger partial charge in [-0.05, 0) is 29.7 Å². The smallest absolute Gasteiger partial charge is 0.179 e. The lowest BCUT2D eigenvalue weighted by Gasteiger charge is -2.23. The second-order valence-corrected chi connectivity index (χ2v) is 3.18. The number of rotatable bonds is 0. The third-order valence-electron chi connectivity index (χ3n) is 2.32. The first kappa shape index (κ1) is 8.06. The summed E-state index contributed by atoms with van der Waals surface area (Å²) in [5.41, 5.74) is 2.10. The molecule has 0 fully saturated rings. The van der Waals surface area contributed by atoms with Gasteiger partial charge in [0.2, 0.25) is 0 Å². The first-order valence-corrected chi connectivity index (χ1v) is 4.21. The lowest BCUT2D eigenvalue weighted by molar-refractivity contribution is 0.367. The minimum Gasteiger partial charge on any atom is -0.306 e. The summed E-state index contributed by atoms with van der Waals surface area (Å²) in [4.78, 5) is 1.68. The molecule has 1 aliphatic rings. The van der Waals surface area contributed by atoms with E-state index in [1.54, 1.807) is 17.0 Å². The maximum atomic E-state index is 12.8. The average Bonchev–Trinajstić information content (AvgIpc) is 2.17. The summed E-state index contributed by atoms with van der Waals surface area (Å²) in [6.07, 6.45) is 2.86. The Kier molecular flexibility index (Phi) is 1.90. The van der Waals surface area contributed by atoms with E-state index in [0.29, 0.717) is 13.1 Å². The van der Waals surface area contributed by atoms with Gasteiger partial charge in [-0.2, -0.15) is 5.26 Å². The highest BCUT2D eigenvalue weighted by Crippen LogP contribution is 2.18. The number of benzene rings is 1. The van der Waals surface area contributed by atoms with Crippen LogP contribution in [0.4, 0.5) is 4.39 Å². The molecule has 0 atom stereocenters. The Labute approximate surface area is 76.2 Å². The van der Waals surface area contributed by atoms with E-state index in [1.807, 2.05) is 0 Å². The third-order valence-corrected chi connectivity index (χ3v) is 2.32. The predicted octanol–water partition coefficient (Wildman–Crippen LogP) is 1.66. The van der Waals surface area contributed by atoms with Gasteiger partial charge < -0.3 is 4.90 Å². The fourth-order valence-electron chi connectivity index (χ4n) is 1.61. The molecule has 0 saturated heterocycles. The highest BCUT2D eigenvalue weighted by molar-refractivity contribution is 5.30. The first-order chi connectivity index (χ1) is 6.29. The molecule has 1 aromatic carbocycles. The molecule has 13 heavy (non-hydrogen) atoms. The molecule has 0 saturated carbocycles. The number of fused-ring (bicyclic) bond motifs is 1. The number of nitriles is 1. The van der Waals surface area contributed by atoms with Crippen LogP contribution in [-0.2, 0) is 13.0 Å². The Morgan fingerprint density at radius 3 is 3.00 bits per heavy atom. The summed E-state index contributed by atoms with van der Waals surface area (Å²) in [5, 5.41) is 8.67. The molecule has 1 aliphatic heterocycles. The van der Waals surface area contributed by atoms with Crippen molar-refractivity contribution in [3.8, 4) is 6.19 Å². The Hall–Kier alpha value is -1.56. The fraction of sp³-hybridized carbons (Fsp3) is 0.300. The minimum absolute atomic E-state index is 0.191. The summed E-state index contributed by atoms with van der Waals surface area (Å²) < 4.78 is 12.8. The van der Waals surface area contributed by atoms with Gasteiger partial charge in [-0.25, -0.2) is 4.39 Å². The normalized spacial score (nSPS) is 14.9. The zero-order valence-corrected chi connectivity index (χ0v) is 7.13. The molecule has 2 rings (SSSR count). The Balaban J connectivity index is 2.32. The van der Waals surface area contributed by atoms with Gasteiger partial charge in [0.25, 0.3) is 0 Å². The van der Waals surface area contributed by atoms with Crippen LogP contribution < -0.4 is 0 Å².